The second kappa shape index (κ2) is 10.3. The third-order valence-electron chi connectivity index (χ3n) is 5.69. The number of carboxylic acid groups (broad SMARTS) is 1. The zero-order chi connectivity index (χ0) is 24.9. The molecule has 8 nitrogen and oxygen atoms in total. The molecule has 1 aliphatic rings. The zero-order valence-electron chi connectivity index (χ0n) is 19.5. The second-order valence-corrected chi connectivity index (χ2v) is 8.67. The second-order valence-electron chi connectivity index (χ2n) is 8.67. The van der Waals surface area contributed by atoms with Crippen LogP contribution in [0.2, 0.25) is 0 Å². The zero-order valence-corrected chi connectivity index (χ0v) is 19.5. The van der Waals surface area contributed by atoms with E-state index in [4.69, 9.17) is 10.1 Å². The lowest BCUT2D eigenvalue weighted by Crippen LogP contribution is -2.22. The summed E-state index contributed by atoms with van der Waals surface area (Å²) in [5, 5.41) is 21.0. The first-order chi connectivity index (χ1) is 16.8. The molecule has 176 valence electrons. The summed E-state index contributed by atoms with van der Waals surface area (Å²) in [7, 11) is 4.01. The van der Waals surface area contributed by atoms with E-state index < -0.39 is 11.9 Å². The molecule has 1 amide bonds. The molecule has 35 heavy (non-hydrogen) atoms. The summed E-state index contributed by atoms with van der Waals surface area (Å²) >= 11 is 0. The van der Waals surface area contributed by atoms with Gasteiger partial charge in [0.2, 0.25) is 5.91 Å². The summed E-state index contributed by atoms with van der Waals surface area (Å²) in [6.45, 7) is 0.804. The number of aromatic nitrogens is 1. The monoisotopic (exact) mass is 467 g/mol. The van der Waals surface area contributed by atoms with Crippen LogP contribution in [0.25, 0.3) is 0 Å². The molecule has 2 heterocycles. The Balaban J connectivity index is 1.75. The number of hydrogen-bond donors (Lipinski definition) is 2. The first-order valence-corrected chi connectivity index (χ1v) is 11.2. The Morgan fingerprint density at radius 3 is 2.57 bits per heavy atom. The minimum atomic E-state index is -0.883. The van der Waals surface area contributed by atoms with E-state index in [1.807, 2.05) is 44.4 Å². The molecule has 0 fully saturated rings. The summed E-state index contributed by atoms with van der Waals surface area (Å²) < 4.78 is 0. The van der Waals surface area contributed by atoms with E-state index in [-0.39, 0.29) is 12.3 Å². The Kier molecular flexibility index (Phi) is 6.99. The summed E-state index contributed by atoms with van der Waals surface area (Å²) in [4.78, 5) is 35.3. The van der Waals surface area contributed by atoms with Crippen molar-refractivity contribution in [3.05, 3.63) is 88.7 Å². The number of nitrogens with zero attached hydrogens (tertiary/aromatic N) is 4. The number of benzene rings is 2. The summed E-state index contributed by atoms with van der Waals surface area (Å²) in [6.07, 6.45) is 1.94. The Hall–Kier alpha value is -4.35. The first-order valence-electron chi connectivity index (χ1n) is 11.2. The van der Waals surface area contributed by atoms with Crippen molar-refractivity contribution in [3.63, 3.8) is 0 Å². The molecule has 1 aliphatic heterocycles. The van der Waals surface area contributed by atoms with Crippen molar-refractivity contribution < 1.29 is 14.7 Å². The van der Waals surface area contributed by atoms with E-state index in [0.717, 1.165) is 17.7 Å². The SMILES string of the molecule is CN(C)Cc1ccc(N=C(c2ccc(CCC(=O)O)nc2)C2C(=O)Nc3cc(C#N)ccc32)cc1. The molecule has 1 atom stereocenters. The van der Waals surface area contributed by atoms with Crippen LogP contribution in [-0.2, 0) is 22.6 Å². The van der Waals surface area contributed by atoms with E-state index >= 15 is 0 Å². The van der Waals surface area contributed by atoms with Crippen molar-refractivity contribution in [2.45, 2.75) is 25.3 Å². The molecule has 8 heteroatoms. The van der Waals surface area contributed by atoms with E-state index in [1.165, 1.54) is 0 Å². The number of amides is 1. The molecule has 2 aromatic carbocycles. The maximum atomic E-state index is 13.1. The molecule has 0 aliphatic carbocycles. The number of nitriles is 1. The standard InChI is InChI=1S/C27H25N5O3/c1-32(2)16-17-3-7-21(8-4-17)30-26(19-6-9-20(29-15-19)10-12-24(33)34)25-22-11-5-18(14-28)13-23(22)31-27(25)35/h3-9,11,13,15,25H,10,12,16H2,1-2H3,(H,31,35)(H,33,34). The highest BCUT2D eigenvalue weighted by molar-refractivity contribution is 6.24. The van der Waals surface area contributed by atoms with E-state index in [9.17, 15) is 14.9 Å². The van der Waals surface area contributed by atoms with Gasteiger partial charge in [-0.2, -0.15) is 5.26 Å². The van der Waals surface area contributed by atoms with Gasteiger partial charge in [0.1, 0.15) is 5.92 Å². The molecule has 0 saturated carbocycles. The normalized spacial score (nSPS) is 15.0. The maximum Gasteiger partial charge on any atom is 0.303 e. The number of aliphatic imine (C=N–C) groups is 1. The number of hydrogen-bond acceptors (Lipinski definition) is 6. The van der Waals surface area contributed by atoms with Crippen LogP contribution in [0.4, 0.5) is 11.4 Å². The predicted octanol–water partition coefficient (Wildman–Crippen LogP) is 3.89. The van der Waals surface area contributed by atoms with Crippen LogP contribution in [-0.4, -0.2) is 46.7 Å². The Morgan fingerprint density at radius 1 is 1.17 bits per heavy atom. The molecular formula is C27H25N5O3. The smallest absolute Gasteiger partial charge is 0.303 e. The first kappa shape index (κ1) is 23.8. The highest BCUT2D eigenvalue weighted by Crippen LogP contribution is 2.36. The van der Waals surface area contributed by atoms with Gasteiger partial charge in [0.15, 0.2) is 0 Å². The van der Waals surface area contributed by atoms with Gasteiger partial charge in [-0.05, 0) is 61.6 Å². The molecule has 1 aromatic heterocycles. The molecule has 2 N–H and O–H groups in total. The van der Waals surface area contributed by atoms with Crippen LogP contribution < -0.4 is 5.32 Å². The van der Waals surface area contributed by atoms with Gasteiger partial charge in [-0.15, -0.1) is 0 Å². The van der Waals surface area contributed by atoms with Crippen molar-refractivity contribution in [1.29, 1.82) is 5.26 Å². The fourth-order valence-corrected chi connectivity index (χ4v) is 4.04. The van der Waals surface area contributed by atoms with Crippen molar-refractivity contribution in [2.24, 2.45) is 4.99 Å². The van der Waals surface area contributed by atoms with Crippen LogP contribution in [0.3, 0.4) is 0 Å². The number of aliphatic carboxylic acids is 1. The van der Waals surface area contributed by atoms with Gasteiger partial charge in [-0.3, -0.25) is 19.6 Å². The van der Waals surface area contributed by atoms with Gasteiger partial charge < -0.3 is 15.3 Å². The third-order valence-corrected chi connectivity index (χ3v) is 5.69. The number of aryl methyl sites for hydroxylation is 1. The minimum Gasteiger partial charge on any atom is -0.481 e. The van der Waals surface area contributed by atoms with Gasteiger partial charge >= 0.3 is 5.97 Å². The van der Waals surface area contributed by atoms with Gasteiger partial charge in [-0.25, -0.2) is 0 Å². The molecule has 4 rings (SSSR count). The van der Waals surface area contributed by atoms with Crippen LogP contribution in [0.15, 0.2) is 65.8 Å². The average Bonchev–Trinajstić information content (AvgIpc) is 3.17. The van der Waals surface area contributed by atoms with Crippen LogP contribution in [0.5, 0.6) is 0 Å². The quantitative estimate of drug-likeness (QED) is 0.485. The third kappa shape index (κ3) is 5.60. The number of carbonyl (C=O) groups excluding carboxylic acids is 1. The Labute approximate surface area is 203 Å². The Morgan fingerprint density at radius 2 is 1.94 bits per heavy atom. The summed E-state index contributed by atoms with van der Waals surface area (Å²) in [5.41, 5.74) is 5.50. The number of carboxylic acids is 1. The lowest BCUT2D eigenvalue weighted by atomic mass is 9.90. The number of anilines is 1. The van der Waals surface area contributed by atoms with Gasteiger partial charge in [0.25, 0.3) is 0 Å². The Bertz CT molecular complexity index is 1320. The van der Waals surface area contributed by atoms with E-state index in [1.54, 1.807) is 30.5 Å². The molecule has 1 unspecified atom stereocenters. The topological polar surface area (TPSA) is 119 Å². The predicted molar refractivity (Wildman–Crippen MR) is 133 cm³/mol. The van der Waals surface area contributed by atoms with Crippen LogP contribution in [0.1, 0.15) is 40.3 Å². The van der Waals surface area contributed by atoms with Crippen LogP contribution in [0, 0.1) is 11.3 Å². The average molecular weight is 468 g/mol. The highest BCUT2D eigenvalue weighted by Gasteiger charge is 2.35. The van der Waals surface area contributed by atoms with Gasteiger partial charge in [0.05, 0.1) is 29.5 Å². The maximum absolute atomic E-state index is 13.1. The van der Waals surface area contributed by atoms with Crippen molar-refractivity contribution in [3.8, 4) is 6.07 Å². The molecule has 0 saturated heterocycles. The van der Waals surface area contributed by atoms with Crippen molar-refractivity contribution in [1.82, 2.24) is 9.88 Å². The molecule has 0 bridgehead atoms. The number of pyridine rings is 1. The minimum absolute atomic E-state index is 0.00772. The number of rotatable bonds is 8. The summed E-state index contributed by atoms with van der Waals surface area (Å²) in [6, 6.07) is 18.6. The molecule has 0 spiro atoms. The van der Waals surface area contributed by atoms with E-state index in [0.29, 0.717) is 40.3 Å². The fraction of sp³-hybridized carbons (Fsp3) is 0.222. The largest absolute Gasteiger partial charge is 0.481 e. The number of nitrogens with one attached hydrogen (secondary N) is 1. The van der Waals surface area contributed by atoms with E-state index in [2.05, 4.69) is 21.3 Å². The highest BCUT2D eigenvalue weighted by atomic mass is 16.4. The summed E-state index contributed by atoms with van der Waals surface area (Å²) in [5.74, 6) is -1.79. The number of fused-ring (bicyclic) bond motifs is 1. The molecule has 3 aromatic rings. The van der Waals surface area contributed by atoms with Crippen LogP contribution >= 0.6 is 0 Å². The van der Waals surface area contributed by atoms with Gasteiger partial charge in [-0.1, -0.05) is 18.2 Å². The molecule has 0 radical (unpaired) electrons. The lowest BCUT2D eigenvalue weighted by Gasteiger charge is -2.15. The van der Waals surface area contributed by atoms with Crippen molar-refractivity contribution >= 4 is 29.0 Å². The number of carbonyl (C=O) groups is 2. The fourth-order valence-electron chi connectivity index (χ4n) is 4.04. The van der Waals surface area contributed by atoms with Gasteiger partial charge in [0, 0.05) is 36.1 Å². The molecular weight excluding hydrogens is 442 g/mol. The van der Waals surface area contributed by atoms with Crippen molar-refractivity contribution in [2.75, 3.05) is 19.4 Å². The lowest BCUT2D eigenvalue weighted by molar-refractivity contribution is -0.137.